The van der Waals surface area contributed by atoms with Crippen LogP contribution in [0.15, 0.2) is 28.9 Å². The van der Waals surface area contributed by atoms with Crippen molar-refractivity contribution in [3.63, 3.8) is 0 Å². The Morgan fingerprint density at radius 1 is 1.33 bits per heavy atom. The molecule has 18 heavy (non-hydrogen) atoms. The second kappa shape index (κ2) is 5.67. The summed E-state index contributed by atoms with van der Waals surface area (Å²) in [6.07, 6.45) is 1.76. The third kappa shape index (κ3) is 3.21. The van der Waals surface area contributed by atoms with E-state index in [1.807, 2.05) is 32.0 Å². The lowest BCUT2D eigenvalue weighted by Crippen LogP contribution is -2.03. The minimum atomic E-state index is 0.640. The van der Waals surface area contributed by atoms with Crippen LogP contribution in [0.2, 0.25) is 5.02 Å². The molecule has 2 aromatic rings. The Balaban J connectivity index is 2.13. The molecule has 94 valence electrons. The minimum Gasteiger partial charge on any atom is -0.378 e. The molecule has 0 aliphatic rings. The minimum absolute atomic E-state index is 0.640. The van der Waals surface area contributed by atoms with Gasteiger partial charge < -0.3 is 5.32 Å². The molecule has 0 aliphatic carbocycles. The fourth-order valence-electron chi connectivity index (χ4n) is 1.57. The number of nitrogens with zero attached hydrogens (tertiary/aromatic N) is 2. The molecule has 0 saturated carbocycles. The number of anilines is 1. The lowest BCUT2D eigenvalue weighted by atomic mass is 10.2. The Morgan fingerprint density at radius 3 is 2.83 bits per heavy atom. The van der Waals surface area contributed by atoms with Crippen LogP contribution in [0, 0.1) is 13.8 Å². The molecule has 3 nitrogen and oxygen atoms in total. The molecule has 0 bridgehead atoms. The summed E-state index contributed by atoms with van der Waals surface area (Å²) >= 11 is 9.62. The highest BCUT2D eigenvalue weighted by molar-refractivity contribution is 9.10. The van der Waals surface area contributed by atoms with Gasteiger partial charge in [0.15, 0.2) is 0 Å². The maximum Gasteiger partial charge on any atom is 0.125 e. The molecule has 0 aliphatic heterocycles. The van der Waals surface area contributed by atoms with Crippen molar-refractivity contribution >= 4 is 33.2 Å². The number of aromatic nitrogens is 2. The zero-order valence-corrected chi connectivity index (χ0v) is 12.5. The molecular formula is C13H13BrClN3. The number of hydrogen-bond donors (Lipinski definition) is 1. The highest BCUT2D eigenvalue weighted by atomic mass is 79.9. The standard InChI is InChI=1S/C13H13BrClN3/c1-8-5-11(14)13(6-12(8)15)17-7-10-3-4-16-9(2)18-10/h3-6,17H,7H2,1-2H3. The normalized spacial score (nSPS) is 10.4. The largest absolute Gasteiger partial charge is 0.378 e. The van der Waals surface area contributed by atoms with Gasteiger partial charge in [0, 0.05) is 15.7 Å². The van der Waals surface area contributed by atoms with E-state index in [4.69, 9.17) is 11.6 Å². The first-order valence-corrected chi connectivity index (χ1v) is 6.71. The van der Waals surface area contributed by atoms with Gasteiger partial charge in [0.05, 0.1) is 17.9 Å². The van der Waals surface area contributed by atoms with Crippen molar-refractivity contribution < 1.29 is 0 Å². The van der Waals surface area contributed by atoms with Crippen LogP contribution in [0.1, 0.15) is 17.1 Å². The van der Waals surface area contributed by atoms with Crippen molar-refractivity contribution in [2.75, 3.05) is 5.32 Å². The lowest BCUT2D eigenvalue weighted by molar-refractivity contribution is 0.955. The van der Waals surface area contributed by atoms with Crippen LogP contribution in [0.25, 0.3) is 0 Å². The zero-order valence-electron chi connectivity index (χ0n) is 10.2. The second-order valence-corrected chi connectivity index (χ2v) is 5.29. The first-order valence-electron chi connectivity index (χ1n) is 5.54. The molecule has 1 N–H and O–H groups in total. The first kappa shape index (κ1) is 13.3. The predicted molar refractivity (Wildman–Crippen MR) is 78.0 cm³/mol. The summed E-state index contributed by atoms with van der Waals surface area (Å²) in [5, 5.41) is 4.05. The average molecular weight is 327 g/mol. The van der Waals surface area contributed by atoms with Crippen molar-refractivity contribution in [3.8, 4) is 0 Å². The summed E-state index contributed by atoms with van der Waals surface area (Å²) in [4.78, 5) is 8.40. The molecule has 1 aromatic carbocycles. The third-order valence-corrected chi connectivity index (χ3v) is 3.61. The maximum absolute atomic E-state index is 6.11. The van der Waals surface area contributed by atoms with E-state index in [1.165, 1.54) is 0 Å². The molecule has 1 heterocycles. The van der Waals surface area contributed by atoms with E-state index >= 15 is 0 Å². The molecular weight excluding hydrogens is 314 g/mol. The summed E-state index contributed by atoms with van der Waals surface area (Å²) in [6, 6.07) is 5.80. The van der Waals surface area contributed by atoms with Crippen molar-refractivity contribution in [1.29, 1.82) is 0 Å². The van der Waals surface area contributed by atoms with Crippen LogP contribution in [0.4, 0.5) is 5.69 Å². The van der Waals surface area contributed by atoms with Gasteiger partial charge in [-0.2, -0.15) is 0 Å². The molecule has 0 atom stereocenters. The smallest absolute Gasteiger partial charge is 0.125 e. The topological polar surface area (TPSA) is 37.8 Å². The number of nitrogens with one attached hydrogen (secondary N) is 1. The van der Waals surface area contributed by atoms with Crippen LogP contribution in [0.5, 0.6) is 0 Å². The Bertz CT molecular complexity index is 572. The van der Waals surface area contributed by atoms with Gasteiger partial charge >= 0.3 is 0 Å². The molecule has 2 rings (SSSR count). The lowest BCUT2D eigenvalue weighted by Gasteiger charge is -2.10. The summed E-state index contributed by atoms with van der Waals surface area (Å²) in [5.74, 6) is 0.773. The number of halogens is 2. The monoisotopic (exact) mass is 325 g/mol. The van der Waals surface area contributed by atoms with Crippen LogP contribution < -0.4 is 5.32 Å². The van der Waals surface area contributed by atoms with Gasteiger partial charge in [-0.1, -0.05) is 11.6 Å². The van der Waals surface area contributed by atoms with Gasteiger partial charge in [-0.3, -0.25) is 0 Å². The van der Waals surface area contributed by atoms with Crippen molar-refractivity contribution in [2.24, 2.45) is 0 Å². The van der Waals surface area contributed by atoms with Crippen molar-refractivity contribution in [1.82, 2.24) is 9.97 Å². The molecule has 0 unspecified atom stereocenters. The number of benzene rings is 1. The van der Waals surface area contributed by atoms with Gasteiger partial charge in [-0.05, 0) is 53.5 Å². The van der Waals surface area contributed by atoms with Gasteiger partial charge in [-0.25, -0.2) is 9.97 Å². The molecule has 0 saturated heterocycles. The fraction of sp³-hybridized carbons (Fsp3) is 0.231. The Morgan fingerprint density at radius 2 is 2.11 bits per heavy atom. The second-order valence-electron chi connectivity index (χ2n) is 4.03. The SMILES string of the molecule is Cc1nccc(CNc2cc(Cl)c(C)cc2Br)n1. The number of aryl methyl sites for hydroxylation is 2. The van der Waals surface area contributed by atoms with E-state index in [9.17, 15) is 0 Å². The van der Waals surface area contributed by atoms with Gasteiger partial charge in [-0.15, -0.1) is 0 Å². The van der Waals surface area contributed by atoms with Crippen LogP contribution in [0.3, 0.4) is 0 Å². The number of hydrogen-bond acceptors (Lipinski definition) is 3. The highest BCUT2D eigenvalue weighted by Gasteiger charge is 2.04. The molecule has 0 amide bonds. The first-order chi connectivity index (χ1) is 8.56. The Labute approximate surface area is 120 Å². The molecule has 1 aromatic heterocycles. The molecule has 0 radical (unpaired) electrons. The zero-order chi connectivity index (χ0) is 13.1. The molecule has 0 spiro atoms. The predicted octanol–water partition coefficient (Wildman–Crippen LogP) is 4.12. The van der Waals surface area contributed by atoms with Gasteiger partial charge in [0.25, 0.3) is 0 Å². The van der Waals surface area contributed by atoms with E-state index in [2.05, 4.69) is 31.2 Å². The van der Waals surface area contributed by atoms with E-state index < -0.39 is 0 Å². The van der Waals surface area contributed by atoms with E-state index in [0.29, 0.717) is 6.54 Å². The fourth-order valence-corrected chi connectivity index (χ4v) is 2.33. The van der Waals surface area contributed by atoms with Gasteiger partial charge in [0.1, 0.15) is 5.82 Å². The maximum atomic E-state index is 6.11. The van der Waals surface area contributed by atoms with E-state index in [-0.39, 0.29) is 0 Å². The average Bonchev–Trinajstić information content (AvgIpc) is 2.32. The Hall–Kier alpha value is -1.13. The van der Waals surface area contributed by atoms with Crippen molar-refractivity contribution in [3.05, 3.63) is 51.0 Å². The summed E-state index contributed by atoms with van der Waals surface area (Å²) in [5.41, 5.74) is 2.96. The molecule has 5 heteroatoms. The Kier molecular flexibility index (Phi) is 4.19. The van der Waals surface area contributed by atoms with Crippen LogP contribution >= 0.6 is 27.5 Å². The van der Waals surface area contributed by atoms with E-state index in [0.717, 1.165) is 32.3 Å². The summed E-state index contributed by atoms with van der Waals surface area (Å²) < 4.78 is 0.996. The molecule has 0 fully saturated rings. The third-order valence-electron chi connectivity index (χ3n) is 2.54. The van der Waals surface area contributed by atoms with E-state index in [1.54, 1.807) is 6.20 Å². The summed E-state index contributed by atoms with van der Waals surface area (Å²) in [6.45, 7) is 4.49. The summed E-state index contributed by atoms with van der Waals surface area (Å²) in [7, 11) is 0. The van der Waals surface area contributed by atoms with Gasteiger partial charge in [0.2, 0.25) is 0 Å². The highest BCUT2D eigenvalue weighted by Crippen LogP contribution is 2.29. The number of rotatable bonds is 3. The van der Waals surface area contributed by atoms with Crippen LogP contribution in [-0.4, -0.2) is 9.97 Å². The quantitative estimate of drug-likeness (QED) is 0.922. The van der Waals surface area contributed by atoms with Crippen LogP contribution in [-0.2, 0) is 6.54 Å². The van der Waals surface area contributed by atoms with Crippen molar-refractivity contribution in [2.45, 2.75) is 20.4 Å².